The van der Waals surface area contributed by atoms with Crippen LogP contribution in [-0.4, -0.2) is 10.4 Å². The van der Waals surface area contributed by atoms with Gasteiger partial charge in [0.25, 0.3) is 5.56 Å². The number of alkyl halides is 1. The molecule has 3 heteroatoms. The van der Waals surface area contributed by atoms with Crippen LogP contribution in [0.1, 0.15) is 12.5 Å². The first-order chi connectivity index (χ1) is 6.15. The third kappa shape index (κ3) is 2.59. The second-order valence-electron chi connectivity index (χ2n) is 3.41. The van der Waals surface area contributed by atoms with Gasteiger partial charge >= 0.3 is 0 Å². The molecule has 0 radical (unpaired) electrons. The van der Waals surface area contributed by atoms with Crippen LogP contribution >= 0.6 is 11.6 Å². The van der Waals surface area contributed by atoms with Crippen LogP contribution < -0.4 is 5.56 Å². The molecule has 0 aliphatic heterocycles. The summed E-state index contributed by atoms with van der Waals surface area (Å²) in [6.07, 6.45) is 1.80. The third-order valence-corrected chi connectivity index (χ3v) is 2.51. The zero-order valence-electron chi connectivity index (χ0n) is 7.96. The van der Waals surface area contributed by atoms with Gasteiger partial charge in [0, 0.05) is 24.2 Å². The maximum Gasteiger partial charge on any atom is 0.253 e. The standard InChI is InChI=1S/C10H14ClNO/c1-8(6-11)7-12-5-3-4-9(2)10(12)13/h3-5,8H,6-7H2,1-2H3. The maximum atomic E-state index is 11.5. The number of rotatable bonds is 3. The predicted molar refractivity (Wildman–Crippen MR) is 55.3 cm³/mol. The molecule has 1 rings (SSSR count). The first-order valence-corrected chi connectivity index (χ1v) is 4.90. The number of aryl methyl sites for hydroxylation is 1. The lowest BCUT2D eigenvalue weighted by molar-refractivity contribution is 0.514. The summed E-state index contributed by atoms with van der Waals surface area (Å²) in [4.78, 5) is 11.5. The van der Waals surface area contributed by atoms with Gasteiger partial charge in [-0.25, -0.2) is 0 Å². The van der Waals surface area contributed by atoms with E-state index >= 15 is 0 Å². The van der Waals surface area contributed by atoms with E-state index in [0.717, 1.165) is 5.56 Å². The van der Waals surface area contributed by atoms with E-state index in [2.05, 4.69) is 0 Å². The second kappa shape index (κ2) is 4.47. The Morgan fingerprint density at radius 2 is 2.31 bits per heavy atom. The molecule has 1 heterocycles. The van der Waals surface area contributed by atoms with Crippen molar-refractivity contribution in [2.45, 2.75) is 20.4 Å². The van der Waals surface area contributed by atoms with Crippen molar-refractivity contribution in [2.24, 2.45) is 5.92 Å². The highest BCUT2D eigenvalue weighted by molar-refractivity contribution is 6.18. The number of halogens is 1. The fraction of sp³-hybridized carbons (Fsp3) is 0.500. The van der Waals surface area contributed by atoms with Crippen LogP contribution in [0.4, 0.5) is 0 Å². The molecular formula is C10H14ClNO. The fourth-order valence-electron chi connectivity index (χ4n) is 1.19. The van der Waals surface area contributed by atoms with Crippen LogP contribution in [0.25, 0.3) is 0 Å². The Balaban J connectivity index is 2.89. The number of aromatic nitrogens is 1. The molecule has 0 amide bonds. The van der Waals surface area contributed by atoms with Crippen LogP contribution in [0.5, 0.6) is 0 Å². The first kappa shape index (κ1) is 10.3. The van der Waals surface area contributed by atoms with Gasteiger partial charge in [0.1, 0.15) is 0 Å². The van der Waals surface area contributed by atoms with Crippen molar-refractivity contribution in [1.29, 1.82) is 0 Å². The molecule has 0 fully saturated rings. The van der Waals surface area contributed by atoms with E-state index in [4.69, 9.17) is 11.6 Å². The van der Waals surface area contributed by atoms with E-state index in [1.807, 2.05) is 26.0 Å². The van der Waals surface area contributed by atoms with Gasteiger partial charge in [-0.3, -0.25) is 4.79 Å². The highest BCUT2D eigenvalue weighted by Crippen LogP contribution is 2.01. The zero-order valence-corrected chi connectivity index (χ0v) is 8.71. The monoisotopic (exact) mass is 199 g/mol. The van der Waals surface area contributed by atoms with Gasteiger partial charge in [-0.2, -0.15) is 0 Å². The van der Waals surface area contributed by atoms with Crippen molar-refractivity contribution < 1.29 is 0 Å². The second-order valence-corrected chi connectivity index (χ2v) is 3.72. The van der Waals surface area contributed by atoms with Gasteiger partial charge in [0.2, 0.25) is 0 Å². The first-order valence-electron chi connectivity index (χ1n) is 4.37. The van der Waals surface area contributed by atoms with Crippen LogP contribution in [0.3, 0.4) is 0 Å². The number of hydrogen-bond donors (Lipinski definition) is 0. The molecule has 0 saturated heterocycles. The molecule has 0 aliphatic rings. The average Bonchev–Trinajstić information content (AvgIpc) is 2.13. The Hall–Kier alpha value is -0.760. The van der Waals surface area contributed by atoms with Crippen LogP contribution in [0, 0.1) is 12.8 Å². The molecule has 0 aromatic carbocycles. The highest BCUT2D eigenvalue weighted by Gasteiger charge is 2.03. The van der Waals surface area contributed by atoms with Crippen LogP contribution in [0.2, 0.25) is 0 Å². The summed E-state index contributed by atoms with van der Waals surface area (Å²) < 4.78 is 1.71. The Morgan fingerprint density at radius 1 is 1.62 bits per heavy atom. The SMILES string of the molecule is Cc1cccn(CC(C)CCl)c1=O. The summed E-state index contributed by atoms with van der Waals surface area (Å²) in [6, 6.07) is 3.71. The van der Waals surface area contributed by atoms with Crippen molar-refractivity contribution in [3.05, 3.63) is 34.2 Å². The normalized spacial score (nSPS) is 12.8. The average molecular weight is 200 g/mol. The minimum atomic E-state index is 0.0828. The molecule has 1 aromatic heterocycles. The lowest BCUT2D eigenvalue weighted by Gasteiger charge is -2.10. The zero-order chi connectivity index (χ0) is 9.84. The third-order valence-electron chi connectivity index (χ3n) is 1.98. The van der Waals surface area contributed by atoms with Gasteiger partial charge in [-0.1, -0.05) is 13.0 Å². The smallest absolute Gasteiger partial charge is 0.253 e. The molecule has 0 N–H and O–H groups in total. The fourth-order valence-corrected chi connectivity index (χ4v) is 1.28. The minimum absolute atomic E-state index is 0.0828. The molecule has 0 bridgehead atoms. The van der Waals surface area contributed by atoms with Crippen LogP contribution in [-0.2, 0) is 6.54 Å². The number of pyridine rings is 1. The highest BCUT2D eigenvalue weighted by atomic mass is 35.5. The topological polar surface area (TPSA) is 22.0 Å². The molecule has 1 atom stereocenters. The Morgan fingerprint density at radius 3 is 2.92 bits per heavy atom. The van der Waals surface area contributed by atoms with Crippen molar-refractivity contribution in [2.75, 3.05) is 5.88 Å². The number of nitrogens with zero attached hydrogens (tertiary/aromatic N) is 1. The Bertz CT molecular complexity index is 332. The summed E-state index contributed by atoms with van der Waals surface area (Å²) in [6.45, 7) is 4.55. The van der Waals surface area contributed by atoms with E-state index in [1.54, 1.807) is 10.8 Å². The molecule has 0 spiro atoms. The molecular weight excluding hydrogens is 186 g/mol. The largest absolute Gasteiger partial charge is 0.315 e. The predicted octanol–water partition coefficient (Wildman–Crippen LogP) is 2.03. The van der Waals surface area contributed by atoms with E-state index in [9.17, 15) is 4.79 Å². The van der Waals surface area contributed by atoms with Gasteiger partial charge in [-0.15, -0.1) is 11.6 Å². The van der Waals surface area contributed by atoms with E-state index in [0.29, 0.717) is 18.3 Å². The van der Waals surface area contributed by atoms with Crippen molar-refractivity contribution in [3.63, 3.8) is 0 Å². The molecule has 1 unspecified atom stereocenters. The van der Waals surface area contributed by atoms with Crippen molar-refractivity contribution in [1.82, 2.24) is 4.57 Å². The molecule has 2 nitrogen and oxygen atoms in total. The summed E-state index contributed by atoms with van der Waals surface area (Å²) in [7, 11) is 0. The van der Waals surface area contributed by atoms with Crippen molar-refractivity contribution in [3.8, 4) is 0 Å². The van der Waals surface area contributed by atoms with Crippen LogP contribution in [0.15, 0.2) is 23.1 Å². The molecule has 1 aromatic rings. The van der Waals surface area contributed by atoms with Crippen molar-refractivity contribution >= 4 is 11.6 Å². The van der Waals surface area contributed by atoms with Gasteiger partial charge in [0.15, 0.2) is 0 Å². The maximum absolute atomic E-state index is 11.5. The molecule has 13 heavy (non-hydrogen) atoms. The summed E-state index contributed by atoms with van der Waals surface area (Å²) in [5.74, 6) is 0.918. The number of hydrogen-bond acceptors (Lipinski definition) is 1. The molecule has 0 saturated carbocycles. The van der Waals surface area contributed by atoms with E-state index in [1.165, 1.54) is 0 Å². The lowest BCUT2D eigenvalue weighted by atomic mass is 10.2. The summed E-state index contributed by atoms with van der Waals surface area (Å²) in [5, 5.41) is 0. The van der Waals surface area contributed by atoms with Gasteiger partial charge < -0.3 is 4.57 Å². The Labute approximate surface area is 83.2 Å². The molecule has 0 aliphatic carbocycles. The Kier molecular flexibility index (Phi) is 3.55. The van der Waals surface area contributed by atoms with Gasteiger partial charge in [0.05, 0.1) is 0 Å². The summed E-state index contributed by atoms with van der Waals surface area (Å²) >= 11 is 5.68. The van der Waals surface area contributed by atoms with E-state index < -0.39 is 0 Å². The summed E-state index contributed by atoms with van der Waals surface area (Å²) in [5.41, 5.74) is 0.865. The quantitative estimate of drug-likeness (QED) is 0.683. The van der Waals surface area contributed by atoms with E-state index in [-0.39, 0.29) is 5.56 Å². The molecule has 72 valence electrons. The lowest BCUT2D eigenvalue weighted by Crippen LogP contribution is -2.24. The van der Waals surface area contributed by atoms with Gasteiger partial charge in [-0.05, 0) is 18.9 Å². The minimum Gasteiger partial charge on any atom is -0.315 e.